The van der Waals surface area contributed by atoms with Crippen LogP contribution in [0.15, 0.2) is 40.9 Å². The van der Waals surface area contributed by atoms with Crippen LogP contribution in [0.1, 0.15) is 11.1 Å². The summed E-state index contributed by atoms with van der Waals surface area (Å²) in [5.74, 6) is 0.597. The topological polar surface area (TPSA) is 59.1 Å². The van der Waals surface area contributed by atoms with E-state index in [0.29, 0.717) is 22.6 Å². The van der Waals surface area contributed by atoms with Crippen molar-refractivity contribution in [3.8, 4) is 11.5 Å². The monoisotopic (exact) mass is 322 g/mol. The molecule has 2 aromatic rings. The van der Waals surface area contributed by atoms with Gasteiger partial charge in [-0.05, 0) is 48.9 Å². The summed E-state index contributed by atoms with van der Waals surface area (Å²) in [5, 5.41) is 7.54. The number of ether oxygens (including phenoxy) is 1. The number of rotatable bonds is 3. The van der Waals surface area contributed by atoms with Crippen LogP contribution in [-0.2, 0) is 0 Å². The Labute approximate surface area is 118 Å². The van der Waals surface area contributed by atoms with Crippen LogP contribution < -0.4 is 10.5 Å². The molecule has 0 fully saturated rings. The highest BCUT2D eigenvalue weighted by molar-refractivity contribution is 9.10. The maximum atomic E-state index is 13.0. The lowest BCUT2D eigenvalue weighted by molar-refractivity contribution is 0.475. The number of hydrogen-bond acceptors (Lipinski definition) is 2. The van der Waals surface area contributed by atoms with Gasteiger partial charge < -0.3 is 10.5 Å². The van der Waals surface area contributed by atoms with Crippen LogP contribution in [0.2, 0.25) is 0 Å². The predicted octanol–water partition coefficient (Wildman–Crippen LogP) is 3.97. The molecule has 3 nitrogen and oxygen atoms in total. The average Bonchev–Trinajstić information content (AvgIpc) is 2.34. The minimum Gasteiger partial charge on any atom is -0.456 e. The molecule has 0 aromatic heterocycles. The van der Waals surface area contributed by atoms with E-state index < -0.39 is 0 Å². The van der Waals surface area contributed by atoms with Gasteiger partial charge in [0.25, 0.3) is 0 Å². The minimum absolute atomic E-state index is 0.0870. The van der Waals surface area contributed by atoms with Crippen molar-refractivity contribution >= 4 is 21.8 Å². The SMILES string of the molecule is Cc1cc(F)ccc1Oc1ccc(Br)cc1C(=N)N. The number of halogens is 2. The average molecular weight is 323 g/mol. The van der Waals surface area contributed by atoms with E-state index >= 15 is 0 Å². The zero-order chi connectivity index (χ0) is 14.0. The number of benzene rings is 2. The van der Waals surface area contributed by atoms with Gasteiger partial charge in [-0.15, -0.1) is 0 Å². The molecule has 0 heterocycles. The molecule has 98 valence electrons. The molecule has 19 heavy (non-hydrogen) atoms. The molecular weight excluding hydrogens is 311 g/mol. The fourth-order valence-corrected chi connectivity index (χ4v) is 2.01. The van der Waals surface area contributed by atoms with E-state index in [2.05, 4.69) is 15.9 Å². The molecule has 2 rings (SSSR count). The van der Waals surface area contributed by atoms with E-state index in [-0.39, 0.29) is 11.7 Å². The van der Waals surface area contributed by atoms with Crippen LogP contribution in [0.3, 0.4) is 0 Å². The van der Waals surface area contributed by atoms with E-state index in [0.717, 1.165) is 4.47 Å². The highest BCUT2D eigenvalue weighted by Gasteiger charge is 2.10. The fourth-order valence-electron chi connectivity index (χ4n) is 1.65. The summed E-state index contributed by atoms with van der Waals surface area (Å²) >= 11 is 3.32. The standard InChI is InChI=1S/C14H12BrFN2O/c1-8-6-10(16)3-5-12(8)19-13-4-2-9(15)7-11(13)14(17)18/h2-7H,1H3,(H3,17,18). The second-order valence-electron chi connectivity index (χ2n) is 4.07. The number of nitrogens with one attached hydrogen (secondary N) is 1. The summed E-state index contributed by atoms with van der Waals surface area (Å²) < 4.78 is 19.5. The molecule has 0 saturated heterocycles. The van der Waals surface area contributed by atoms with Crippen LogP contribution in [0.25, 0.3) is 0 Å². The van der Waals surface area contributed by atoms with Crippen LogP contribution in [0, 0.1) is 18.2 Å². The maximum Gasteiger partial charge on any atom is 0.138 e. The number of nitrogens with two attached hydrogens (primary N) is 1. The lowest BCUT2D eigenvalue weighted by atomic mass is 10.1. The van der Waals surface area contributed by atoms with Crippen LogP contribution >= 0.6 is 15.9 Å². The molecule has 0 spiro atoms. The number of hydrogen-bond donors (Lipinski definition) is 2. The van der Waals surface area contributed by atoms with Gasteiger partial charge in [-0.1, -0.05) is 15.9 Å². The molecule has 0 aliphatic heterocycles. The van der Waals surface area contributed by atoms with E-state index in [1.54, 1.807) is 31.2 Å². The Hall–Kier alpha value is -1.88. The normalized spacial score (nSPS) is 10.3. The highest BCUT2D eigenvalue weighted by atomic mass is 79.9. The molecule has 0 aliphatic rings. The van der Waals surface area contributed by atoms with Gasteiger partial charge in [0.1, 0.15) is 23.2 Å². The Balaban J connectivity index is 2.40. The van der Waals surface area contributed by atoms with Crippen molar-refractivity contribution < 1.29 is 9.13 Å². The summed E-state index contributed by atoms with van der Waals surface area (Å²) in [4.78, 5) is 0. The zero-order valence-electron chi connectivity index (χ0n) is 10.2. The minimum atomic E-state index is -0.313. The molecule has 0 unspecified atom stereocenters. The molecule has 5 heteroatoms. The Kier molecular flexibility index (Phi) is 3.85. The van der Waals surface area contributed by atoms with E-state index in [1.807, 2.05) is 0 Å². The summed E-state index contributed by atoms with van der Waals surface area (Å²) in [6.07, 6.45) is 0. The molecule has 0 amide bonds. The van der Waals surface area contributed by atoms with Crippen LogP contribution in [0.5, 0.6) is 11.5 Å². The van der Waals surface area contributed by atoms with Gasteiger partial charge in [-0.3, -0.25) is 5.41 Å². The van der Waals surface area contributed by atoms with Crippen LogP contribution in [-0.4, -0.2) is 5.84 Å². The zero-order valence-corrected chi connectivity index (χ0v) is 11.8. The van der Waals surface area contributed by atoms with Crippen molar-refractivity contribution in [2.45, 2.75) is 6.92 Å². The van der Waals surface area contributed by atoms with Crippen molar-refractivity contribution in [2.75, 3.05) is 0 Å². The highest BCUT2D eigenvalue weighted by Crippen LogP contribution is 2.30. The van der Waals surface area contributed by atoms with Gasteiger partial charge in [-0.2, -0.15) is 0 Å². The van der Waals surface area contributed by atoms with Gasteiger partial charge in [0.2, 0.25) is 0 Å². The summed E-state index contributed by atoms with van der Waals surface area (Å²) in [7, 11) is 0. The Bertz CT molecular complexity index is 643. The summed E-state index contributed by atoms with van der Waals surface area (Å²) in [6, 6.07) is 9.48. The summed E-state index contributed by atoms with van der Waals surface area (Å²) in [6.45, 7) is 1.75. The van der Waals surface area contributed by atoms with Gasteiger partial charge in [-0.25, -0.2) is 4.39 Å². The Morgan fingerprint density at radius 3 is 2.53 bits per heavy atom. The Morgan fingerprint density at radius 2 is 1.89 bits per heavy atom. The quantitative estimate of drug-likeness (QED) is 0.663. The van der Waals surface area contributed by atoms with Gasteiger partial charge >= 0.3 is 0 Å². The van der Waals surface area contributed by atoms with Gasteiger partial charge in [0.05, 0.1) is 5.56 Å². The molecular formula is C14H12BrFN2O. The summed E-state index contributed by atoms with van der Waals surface area (Å²) in [5.41, 5.74) is 6.68. The lowest BCUT2D eigenvalue weighted by Gasteiger charge is -2.12. The van der Waals surface area contributed by atoms with Gasteiger partial charge in [0, 0.05) is 4.47 Å². The molecule has 0 atom stereocenters. The third-order valence-corrected chi connectivity index (χ3v) is 3.08. The van der Waals surface area contributed by atoms with E-state index in [1.165, 1.54) is 12.1 Å². The molecule has 0 bridgehead atoms. The predicted molar refractivity (Wildman–Crippen MR) is 76.4 cm³/mol. The molecule has 0 radical (unpaired) electrons. The lowest BCUT2D eigenvalue weighted by Crippen LogP contribution is -2.12. The van der Waals surface area contributed by atoms with E-state index in [9.17, 15) is 4.39 Å². The van der Waals surface area contributed by atoms with Crippen molar-refractivity contribution in [1.29, 1.82) is 5.41 Å². The van der Waals surface area contributed by atoms with Crippen LogP contribution in [0.4, 0.5) is 4.39 Å². The van der Waals surface area contributed by atoms with Gasteiger partial charge in [0.15, 0.2) is 0 Å². The second-order valence-corrected chi connectivity index (χ2v) is 4.98. The third kappa shape index (κ3) is 3.12. The molecule has 3 N–H and O–H groups in total. The largest absolute Gasteiger partial charge is 0.456 e. The smallest absolute Gasteiger partial charge is 0.138 e. The van der Waals surface area contributed by atoms with Crippen molar-refractivity contribution in [1.82, 2.24) is 0 Å². The Morgan fingerprint density at radius 1 is 1.21 bits per heavy atom. The number of nitrogen functional groups attached to an aromatic ring is 1. The first-order valence-electron chi connectivity index (χ1n) is 5.55. The first kappa shape index (κ1) is 13.5. The second kappa shape index (κ2) is 5.40. The maximum absolute atomic E-state index is 13.0. The third-order valence-electron chi connectivity index (χ3n) is 2.59. The molecule has 0 aliphatic carbocycles. The van der Waals surface area contributed by atoms with Crippen molar-refractivity contribution in [3.05, 3.63) is 57.8 Å². The van der Waals surface area contributed by atoms with E-state index in [4.69, 9.17) is 15.9 Å². The van der Waals surface area contributed by atoms with Crippen molar-refractivity contribution in [3.63, 3.8) is 0 Å². The fraction of sp³-hybridized carbons (Fsp3) is 0.0714. The first-order chi connectivity index (χ1) is 8.97. The molecule has 2 aromatic carbocycles. The first-order valence-corrected chi connectivity index (χ1v) is 6.34. The van der Waals surface area contributed by atoms with Crippen molar-refractivity contribution in [2.24, 2.45) is 5.73 Å². The molecule has 0 saturated carbocycles. The number of amidine groups is 1. The number of aryl methyl sites for hydroxylation is 1.